The summed E-state index contributed by atoms with van der Waals surface area (Å²) in [6.07, 6.45) is 3.68. The number of anilines is 2. The van der Waals surface area contributed by atoms with Crippen LogP contribution >= 0.6 is 12.2 Å². The molecule has 110 valence electrons. The van der Waals surface area contributed by atoms with Gasteiger partial charge in [-0.15, -0.1) is 0 Å². The van der Waals surface area contributed by atoms with Gasteiger partial charge >= 0.3 is 0 Å². The summed E-state index contributed by atoms with van der Waals surface area (Å²) in [5.41, 5.74) is 0. The molecular weight excluding hydrogens is 274 g/mol. The Hall–Kier alpha value is -1.63. The first-order valence-electron chi connectivity index (χ1n) is 6.95. The third-order valence-corrected chi connectivity index (χ3v) is 3.39. The maximum absolute atomic E-state index is 5.25. The van der Waals surface area contributed by atoms with Crippen molar-refractivity contribution in [2.24, 2.45) is 0 Å². The van der Waals surface area contributed by atoms with Crippen molar-refractivity contribution in [3.63, 3.8) is 0 Å². The summed E-state index contributed by atoms with van der Waals surface area (Å²) in [6.45, 7) is 4.79. The van der Waals surface area contributed by atoms with Crippen molar-refractivity contribution in [2.45, 2.75) is 26.2 Å². The Morgan fingerprint density at radius 2 is 2.10 bits per heavy atom. The van der Waals surface area contributed by atoms with Gasteiger partial charge in [-0.1, -0.05) is 0 Å². The van der Waals surface area contributed by atoms with E-state index in [0.29, 0.717) is 16.9 Å². The van der Waals surface area contributed by atoms with E-state index in [9.17, 15) is 0 Å². The first-order chi connectivity index (χ1) is 9.72. The van der Waals surface area contributed by atoms with E-state index in [1.54, 1.807) is 7.11 Å². The fraction of sp³-hybridized carbons (Fsp3) is 0.615. The van der Waals surface area contributed by atoms with Gasteiger partial charge in [0.25, 0.3) is 0 Å². The van der Waals surface area contributed by atoms with Crippen LogP contribution < -0.4 is 20.3 Å². The molecule has 1 fully saturated rings. The number of piperidine rings is 1. The van der Waals surface area contributed by atoms with E-state index in [4.69, 9.17) is 17.0 Å². The number of hydrogen-bond acceptors (Lipinski definition) is 5. The number of thiocarbonyl (C=S) groups is 1. The molecule has 2 rings (SSSR count). The lowest BCUT2D eigenvalue weighted by Gasteiger charge is -2.28. The molecule has 0 spiro atoms. The highest BCUT2D eigenvalue weighted by molar-refractivity contribution is 7.80. The van der Waals surface area contributed by atoms with E-state index < -0.39 is 0 Å². The summed E-state index contributed by atoms with van der Waals surface area (Å²) < 4.78 is 5.25. The molecule has 0 aromatic carbocycles. The third-order valence-electron chi connectivity index (χ3n) is 3.14. The number of aromatic nitrogens is 2. The number of nitrogens with zero attached hydrogens (tertiary/aromatic N) is 3. The molecule has 0 unspecified atom stereocenters. The number of nitrogens with one attached hydrogen (secondary N) is 2. The standard InChI is InChI=1S/C13H21N5OS/c1-3-14-13(20)17-12-15-10(9-11(16-12)19-2)18-7-5-4-6-8-18/h9H,3-8H2,1-2H3,(H2,14,15,16,17,20). The Morgan fingerprint density at radius 1 is 1.35 bits per heavy atom. The van der Waals surface area contributed by atoms with Gasteiger partial charge in [0.2, 0.25) is 11.8 Å². The Balaban J connectivity index is 2.16. The SMILES string of the molecule is CCNC(=S)Nc1nc(OC)cc(N2CCCCC2)n1. The summed E-state index contributed by atoms with van der Waals surface area (Å²) in [5.74, 6) is 1.90. The predicted octanol–water partition coefficient (Wildman–Crippen LogP) is 1.78. The van der Waals surface area contributed by atoms with Crippen LogP contribution in [0.5, 0.6) is 5.88 Å². The second kappa shape index (κ2) is 7.23. The fourth-order valence-electron chi connectivity index (χ4n) is 2.16. The second-order valence-corrected chi connectivity index (χ2v) is 5.03. The molecule has 1 aliphatic rings. The van der Waals surface area contributed by atoms with E-state index in [-0.39, 0.29) is 0 Å². The van der Waals surface area contributed by atoms with Gasteiger partial charge in [-0.3, -0.25) is 0 Å². The summed E-state index contributed by atoms with van der Waals surface area (Å²) in [4.78, 5) is 11.1. The van der Waals surface area contributed by atoms with Crippen molar-refractivity contribution < 1.29 is 4.74 Å². The average Bonchev–Trinajstić information content (AvgIpc) is 2.48. The predicted molar refractivity (Wildman–Crippen MR) is 84.5 cm³/mol. The zero-order chi connectivity index (χ0) is 14.4. The molecule has 0 atom stereocenters. The Bertz CT molecular complexity index is 462. The van der Waals surface area contributed by atoms with Gasteiger partial charge in [-0.2, -0.15) is 9.97 Å². The lowest BCUT2D eigenvalue weighted by molar-refractivity contribution is 0.397. The molecule has 0 amide bonds. The van der Waals surface area contributed by atoms with Crippen LogP contribution in [0.1, 0.15) is 26.2 Å². The highest BCUT2D eigenvalue weighted by atomic mass is 32.1. The summed E-state index contributed by atoms with van der Waals surface area (Å²) in [7, 11) is 1.61. The van der Waals surface area contributed by atoms with E-state index >= 15 is 0 Å². The molecule has 1 aromatic heterocycles. The second-order valence-electron chi connectivity index (χ2n) is 4.62. The maximum atomic E-state index is 5.25. The fourth-order valence-corrected chi connectivity index (χ4v) is 2.40. The van der Waals surface area contributed by atoms with Gasteiger partial charge in [-0.25, -0.2) is 0 Å². The molecule has 2 heterocycles. The van der Waals surface area contributed by atoms with Crippen molar-refractivity contribution in [3.8, 4) is 5.88 Å². The molecule has 1 aliphatic heterocycles. The molecule has 0 aliphatic carbocycles. The molecule has 0 saturated carbocycles. The summed E-state index contributed by atoms with van der Waals surface area (Å²) >= 11 is 5.16. The van der Waals surface area contributed by atoms with Crippen molar-refractivity contribution in [1.82, 2.24) is 15.3 Å². The van der Waals surface area contributed by atoms with Crippen LogP contribution in [0.15, 0.2) is 6.07 Å². The molecule has 20 heavy (non-hydrogen) atoms. The van der Waals surface area contributed by atoms with E-state index in [2.05, 4.69) is 25.5 Å². The zero-order valence-corrected chi connectivity index (χ0v) is 12.8. The quantitative estimate of drug-likeness (QED) is 0.821. The van der Waals surface area contributed by atoms with Gasteiger partial charge in [0.1, 0.15) is 5.82 Å². The topological polar surface area (TPSA) is 62.3 Å². The lowest BCUT2D eigenvalue weighted by atomic mass is 10.1. The van der Waals surface area contributed by atoms with Crippen molar-refractivity contribution in [3.05, 3.63) is 6.07 Å². The van der Waals surface area contributed by atoms with Crippen LogP contribution in [0.25, 0.3) is 0 Å². The van der Waals surface area contributed by atoms with Crippen LogP contribution in [0.4, 0.5) is 11.8 Å². The van der Waals surface area contributed by atoms with Crippen molar-refractivity contribution in [2.75, 3.05) is 37.0 Å². The van der Waals surface area contributed by atoms with Crippen LogP contribution in [-0.4, -0.2) is 41.8 Å². The number of rotatable bonds is 4. The molecule has 7 heteroatoms. The molecule has 0 bridgehead atoms. The third kappa shape index (κ3) is 3.93. The Labute approximate surface area is 124 Å². The highest BCUT2D eigenvalue weighted by Crippen LogP contribution is 2.22. The van der Waals surface area contributed by atoms with Crippen LogP contribution in [0.2, 0.25) is 0 Å². The van der Waals surface area contributed by atoms with Crippen molar-refractivity contribution >= 4 is 29.1 Å². The minimum Gasteiger partial charge on any atom is -0.481 e. The number of methoxy groups -OCH3 is 1. The molecule has 1 saturated heterocycles. The van der Waals surface area contributed by atoms with Crippen LogP contribution in [0, 0.1) is 0 Å². The molecule has 6 nitrogen and oxygen atoms in total. The number of ether oxygens (including phenoxy) is 1. The van der Waals surface area contributed by atoms with Gasteiger partial charge in [-0.05, 0) is 38.4 Å². The summed E-state index contributed by atoms with van der Waals surface area (Å²) in [5, 5.41) is 6.52. The largest absolute Gasteiger partial charge is 0.481 e. The minimum atomic E-state index is 0.468. The van der Waals surface area contributed by atoms with Gasteiger partial charge in [0.15, 0.2) is 5.11 Å². The maximum Gasteiger partial charge on any atom is 0.234 e. The highest BCUT2D eigenvalue weighted by Gasteiger charge is 2.15. The first-order valence-corrected chi connectivity index (χ1v) is 7.36. The van der Waals surface area contributed by atoms with E-state index in [0.717, 1.165) is 25.5 Å². The first kappa shape index (κ1) is 14.8. The molecule has 2 N–H and O–H groups in total. The number of hydrogen-bond donors (Lipinski definition) is 2. The molecular formula is C13H21N5OS. The average molecular weight is 295 g/mol. The van der Waals surface area contributed by atoms with E-state index in [1.807, 2.05) is 13.0 Å². The lowest BCUT2D eigenvalue weighted by Crippen LogP contribution is -2.31. The Morgan fingerprint density at radius 3 is 2.75 bits per heavy atom. The van der Waals surface area contributed by atoms with Gasteiger partial charge < -0.3 is 20.3 Å². The van der Waals surface area contributed by atoms with Crippen LogP contribution in [-0.2, 0) is 0 Å². The molecule has 1 aromatic rings. The summed E-state index contributed by atoms with van der Waals surface area (Å²) in [6, 6.07) is 1.87. The van der Waals surface area contributed by atoms with Gasteiger partial charge in [0, 0.05) is 25.7 Å². The normalized spacial score (nSPS) is 14.8. The van der Waals surface area contributed by atoms with E-state index in [1.165, 1.54) is 19.3 Å². The van der Waals surface area contributed by atoms with Crippen molar-refractivity contribution in [1.29, 1.82) is 0 Å². The monoisotopic (exact) mass is 295 g/mol. The Kier molecular flexibility index (Phi) is 5.34. The molecule has 0 radical (unpaired) electrons. The zero-order valence-electron chi connectivity index (χ0n) is 12.0. The van der Waals surface area contributed by atoms with Crippen LogP contribution in [0.3, 0.4) is 0 Å². The van der Waals surface area contributed by atoms with Gasteiger partial charge in [0.05, 0.1) is 7.11 Å². The minimum absolute atomic E-state index is 0.468. The smallest absolute Gasteiger partial charge is 0.234 e.